The molecule has 19 heavy (non-hydrogen) atoms. The number of hydrogen-bond donors (Lipinski definition) is 2. The van der Waals surface area contributed by atoms with Crippen LogP contribution in [0.3, 0.4) is 0 Å². The van der Waals surface area contributed by atoms with Crippen LogP contribution >= 0.6 is 15.9 Å². The summed E-state index contributed by atoms with van der Waals surface area (Å²) in [6.07, 6.45) is 0. The van der Waals surface area contributed by atoms with Crippen molar-refractivity contribution in [3.05, 3.63) is 34.3 Å². The SMILES string of the molecule is CC(NC(=O)C(C)(C)C(C)(C)N)c1ccccc1Br. The first kappa shape index (κ1) is 16.2. The van der Waals surface area contributed by atoms with Gasteiger partial charge < -0.3 is 11.1 Å². The third-order valence-electron chi connectivity index (χ3n) is 3.90. The summed E-state index contributed by atoms with van der Waals surface area (Å²) in [4.78, 5) is 12.4. The molecule has 4 heteroatoms. The summed E-state index contributed by atoms with van der Waals surface area (Å²) in [6.45, 7) is 9.45. The normalized spacial score (nSPS) is 14.1. The van der Waals surface area contributed by atoms with Crippen LogP contribution in [0, 0.1) is 5.41 Å². The molecule has 0 radical (unpaired) electrons. The maximum atomic E-state index is 12.4. The van der Waals surface area contributed by atoms with Gasteiger partial charge in [0.25, 0.3) is 0 Å². The average Bonchev–Trinajstić information content (AvgIpc) is 2.27. The molecule has 0 spiro atoms. The van der Waals surface area contributed by atoms with Crippen molar-refractivity contribution in [2.24, 2.45) is 11.1 Å². The molecule has 106 valence electrons. The molecule has 0 aromatic heterocycles. The predicted octanol–water partition coefficient (Wildman–Crippen LogP) is 3.39. The Morgan fingerprint density at radius 1 is 1.26 bits per heavy atom. The first-order valence-electron chi connectivity index (χ1n) is 6.41. The molecule has 0 saturated carbocycles. The standard InChI is InChI=1S/C15H23BrN2O/c1-10(11-8-6-7-9-12(11)16)18-13(19)14(2,3)15(4,5)17/h6-10H,17H2,1-5H3,(H,18,19). The van der Waals surface area contributed by atoms with Gasteiger partial charge in [0.2, 0.25) is 5.91 Å². The van der Waals surface area contributed by atoms with Crippen LogP contribution in [0.4, 0.5) is 0 Å². The molecule has 3 N–H and O–H groups in total. The fourth-order valence-electron chi connectivity index (χ4n) is 1.57. The number of halogens is 1. The zero-order valence-corrected chi connectivity index (χ0v) is 13.8. The maximum absolute atomic E-state index is 12.4. The summed E-state index contributed by atoms with van der Waals surface area (Å²) >= 11 is 3.50. The van der Waals surface area contributed by atoms with Crippen molar-refractivity contribution >= 4 is 21.8 Å². The van der Waals surface area contributed by atoms with E-state index in [1.807, 2.05) is 58.9 Å². The first-order chi connectivity index (χ1) is 8.57. The molecule has 1 atom stereocenters. The molecule has 1 aromatic rings. The Morgan fingerprint density at radius 2 is 1.79 bits per heavy atom. The minimum absolute atomic E-state index is 0.0387. The van der Waals surface area contributed by atoms with E-state index < -0.39 is 11.0 Å². The minimum atomic E-state index is -0.636. The van der Waals surface area contributed by atoms with Crippen LogP contribution in [0.2, 0.25) is 0 Å². The second-order valence-corrected chi connectivity index (χ2v) is 6.92. The molecule has 0 bridgehead atoms. The summed E-state index contributed by atoms with van der Waals surface area (Å²) in [7, 11) is 0. The zero-order valence-electron chi connectivity index (χ0n) is 12.3. The lowest BCUT2D eigenvalue weighted by Crippen LogP contribution is -2.55. The Morgan fingerprint density at radius 3 is 2.26 bits per heavy atom. The van der Waals surface area contributed by atoms with E-state index in [1.54, 1.807) is 0 Å². The van der Waals surface area contributed by atoms with Crippen molar-refractivity contribution in [1.82, 2.24) is 5.32 Å². The molecule has 1 rings (SSSR count). The van der Waals surface area contributed by atoms with Crippen molar-refractivity contribution in [3.8, 4) is 0 Å². The van der Waals surface area contributed by atoms with E-state index in [2.05, 4.69) is 21.2 Å². The molecule has 0 aliphatic heterocycles. The highest BCUT2D eigenvalue weighted by Gasteiger charge is 2.40. The molecule has 0 saturated heterocycles. The second-order valence-electron chi connectivity index (χ2n) is 6.06. The molecule has 0 aliphatic rings. The van der Waals surface area contributed by atoms with Gasteiger partial charge in [-0.1, -0.05) is 34.1 Å². The molecule has 0 aliphatic carbocycles. The van der Waals surface area contributed by atoms with Crippen molar-refractivity contribution in [2.75, 3.05) is 0 Å². The van der Waals surface area contributed by atoms with E-state index >= 15 is 0 Å². The highest BCUT2D eigenvalue weighted by atomic mass is 79.9. The summed E-state index contributed by atoms with van der Waals surface area (Å²) in [6, 6.07) is 7.81. The molecular weight excluding hydrogens is 304 g/mol. The van der Waals surface area contributed by atoms with Crippen molar-refractivity contribution < 1.29 is 4.79 Å². The van der Waals surface area contributed by atoms with Crippen molar-refractivity contribution in [3.63, 3.8) is 0 Å². The molecule has 0 fully saturated rings. The molecule has 0 heterocycles. The number of nitrogens with one attached hydrogen (secondary N) is 1. The van der Waals surface area contributed by atoms with Crippen LogP contribution in [0.25, 0.3) is 0 Å². The highest BCUT2D eigenvalue weighted by molar-refractivity contribution is 9.10. The number of carbonyl (C=O) groups is 1. The van der Waals surface area contributed by atoms with Crippen LogP contribution in [-0.2, 0) is 4.79 Å². The topological polar surface area (TPSA) is 55.1 Å². The molecule has 3 nitrogen and oxygen atoms in total. The second kappa shape index (κ2) is 5.63. The summed E-state index contributed by atoms with van der Waals surface area (Å²) in [5, 5.41) is 3.03. The average molecular weight is 327 g/mol. The van der Waals surface area contributed by atoms with E-state index in [9.17, 15) is 4.79 Å². The lowest BCUT2D eigenvalue weighted by Gasteiger charge is -2.37. The number of rotatable bonds is 4. The van der Waals surface area contributed by atoms with Crippen LogP contribution in [0.1, 0.15) is 46.2 Å². The fourth-order valence-corrected chi connectivity index (χ4v) is 2.20. The zero-order chi connectivity index (χ0) is 14.8. The monoisotopic (exact) mass is 326 g/mol. The Balaban J connectivity index is 2.87. The van der Waals surface area contributed by atoms with Crippen LogP contribution < -0.4 is 11.1 Å². The van der Waals surface area contributed by atoms with Gasteiger partial charge in [0.1, 0.15) is 0 Å². The van der Waals surface area contributed by atoms with Crippen LogP contribution in [0.5, 0.6) is 0 Å². The largest absolute Gasteiger partial charge is 0.349 e. The third kappa shape index (κ3) is 3.57. The van der Waals surface area contributed by atoms with E-state index in [0.717, 1.165) is 10.0 Å². The smallest absolute Gasteiger partial charge is 0.227 e. The van der Waals surface area contributed by atoms with Gasteiger partial charge in [-0.15, -0.1) is 0 Å². The number of benzene rings is 1. The third-order valence-corrected chi connectivity index (χ3v) is 4.62. The lowest BCUT2D eigenvalue weighted by molar-refractivity contribution is -0.132. The van der Waals surface area contributed by atoms with Crippen LogP contribution in [0.15, 0.2) is 28.7 Å². The van der Waals surface area contributed by atoms with E-state index in [1.165, 1.54) is 0 Å². The van der Waals surface area contributed by atoms with E-state index in [-0.39, 0.29) is 11.9 Å². The number of carbonyl (C=O) groups excluding carboxylic acids is 1. The number of nitrogens with two attached hydrogens (primary N) is 1. The number of hydrogen-bond acceptors (Lipinski definition) is 2. The number of amides is 1. The van der Waals surface area contributed by atoms with Gasteiger partial charge in [0.15, 0.2) is 0 Å². The Kier molecular flexibility index (Phi) is 4.80. The summed E-state index contributed by atoms with van der Waals surface area (Å²) < 4.78 is 0.993. The predicted molar refractivity (Wildman–Crippen MR) is 82.7 cm³/mol. The Labute approximate surface area is 124 Å². The minimum Gasteiger partial charge on any atom is -0.349 e. The molecule has 1 unspecified atom stereocenters. The lowest BCUT2D eigenvalue weighted by atomic mass is 9.74. The van der Waals surface area contributed by atoms with Gasteiger partial charge >= 0.3 is 0 Å². The summed E-state index contributed by atoms with van der Waals surface area (Å²) in [5.41, 5.74) is 5.93. The van der Waals surface area contributed by atoms with Crippen molar-refractivity contribution in [2.45, 2.75) is 46.2 Å². The van der Waals surface area contributed by atoms with Gasteiger partial charge in [0.05, 0.1) is 11.5 Å². The highest BCUT2D eigenvalue weighted by Crippen LogP contribution is 2.30. The molecular formula is C15H23BrN2O. The van der Waals surface area contributed by atoms with Gasteiger partial charge in [-0.2, -0.15) is 0 Å². The van der Waals surface area contributed by atoms with Gasteiger partial charge in [0, 0.05) is 10.0 Å². The van der Waals surface area contributed by atoms with Gasteiger partial charge in [-0.05, 0) is 46.2 Å². The van der Waals surface area contributed by atoms with Crippen molar-refractivity contribution in [1.29, 1.82) is 0 Å². The first-order valence-corrected chi connectivity index (χ1v) is 7.21. The quantitative estimate of drug-likeness (QED) is 0.891. The van der Waals surface area contributed by atoms with Gasteiger partial charge in [-0.25, -0.2) is 0 Å². The Hall–Kier alpha value is -0.870. The fraction of sp³-hybridized carbons (Fsp3) is 0.533. The Bertz CT molecular complexity index is 463. The van der Waals surface area contributed by atoms with E-state index in [4.69, 9.17) is 5.73 Å². The molecule has 1 aromatic carbocycles. The summed E-state index contributed by atoms with van der Waals surface area (Å²) in [5.74, 6) is -0.0387. The van der Waals surface area contributed by atoms with Crippen LogP contribution in [-0.4, -0.2) is 11.4 Å². The maximum Gasteiger partial charge on any atom is 0.227 e. The van der Waals surface area contributed by atoms with E-state index in [0.29, 0.717) is 0 Å². The molecule has 1 amide bonds. The van der Waals surface area contributed by atoms with Gasteiger partial charge in [-0.3, -0.25) is 4.79 Å².